The van der Waals surface area contributed by atoms with Gasteiger partial charge in [-0.25, -0.2) is 4.39 Å². The second kappa shape index (κ2) is 8.42. The van der Waals surface area contributed by atoms with E-state index in [1.807, 2.05) is 0 Å². The molecular formula is C20H16FN3O5. The Kier molecular flexibility index (Phi) is 5.77. The fourth-order valence-corrected chi connectivity index (χ4v) is 2.89. The van der Waals surface area contributed by atoms with Gasteiger partial charge in [0.25, 0.3) is 6.47 Å². The van der Waals surface area contributed by atoms with Gasteiger partial charge >= 0.3 is 0 Å². The highest BCUT2D eigenvalue weighted by molar-refractivity contribution is 6.03. The van der Waals surface area contributed by atoms with E-state index in [2.05, 4.69) is 14.7 Å². The number of H-pyrrole nitrogens is 1. The van der Waals surface area contributed by atoms with Crippen molar-refractivity contribution < 1.29 is 23.5 Å². The molecule has 2 heterocycles. The van der Waals surface area contributed by atoms with Crippen molar-refractivity contribution >= 4 is 29.2 Å². The first-order chi connectivity index (χ1) is 13.9. The van der Waals surface area contributed by atoms with Crippen molar-refractivity contribution in [3.63, 3.8) is 0 Å². The van der Waals surface area contributed by atoms with E-state index in [1.54, 1.807) is 18.2 Å². The number of nitrogens with zero attached hydrogens (tertiary/aromatic N) is 1. The number of primary amides is 1. The third-order valence-electron chi connectivity index (χ3n) is 4.26. The van der Waals surface area contributed by atoms with Crippen LogP contribution in [0, 0.1) is 5.82 Å². The number of benzene rings is 1. The number of Topliss-reactive ketones (excluding diaryl/α,β-unsaturated/α-hetero) is 1. The number of aromatic nitrogens is 2. The number of rotatable bonds is 8. The molecule has 0 saturated carbocycles. The number of nitrogens with one attached hydrogen (secondary N) is 1. The number of amides is 1. The summed E-state index contributed by atoms with van der Waals surface area (Å²) >= 11 is 0. The average Bonchev–Trinajstić information content (AvgIpc) is 2.69. The standard InChI is InChI=1S/C20H16FN3O5/c21-13-3-1-11(2-4-13)5-12-6-15-18(24-8-12)20(28)14(9-23-15)19(27)16(29-10-25)7-17(22)26/h1-4,6,8-10,16H,5,7H2,(H2,22,26)(H,23,28). The minimum atomic E-state index is -1.48. The van der Waals surface area contributed by atoms with Gasteiger partial charge in [-0.15, -0.1) is 0 Å². The van der Waals surface area contributed by atoms with Crippen molar-refractivity contribution in [1.29, 1.82) is 0 Å². The van der Waals surface area contributed by atoms with E-state index < -0.39 is 29.6 Å². The smallest absolute Gasteiger partial charge is 0.293 e. The molecule has 2 aromatic heterocycles. The number of carbonyl (C=O) groups is 3. The number of ketones is 1. The Morgan fingerprint density at radius 1 is 1.24 bits per heavy atom. The summed E-state index contributed by atoms with van der Waals surface area (Å²) in [5.41, 5.74) is 6.13. The van der Waals surface area contributed by atoms with Crippen LogP contribution in [0.5, 0.6) is 0 Å². The third-order valence-corrected chi connectivity index (χ3v) is 4.26. The molecule has 0 spiro atoms. The monoisotopic (exact) mass is 397 g/mol. The summed E-state index contributed by atoms with van der Waals surface area (Å²) in [6.07, 6.45) is 1.11. The molecule has 0 aliphatic carbocycles. The molecule has 1 amide bonds. The summed E-state index contributed by atoms with van der Waals surface area (Å²) in [5, 5.41) is 0. The number of carbonyl (C=O) groups excluding carboxylic acids is 3. The molecule has 0 aliphatic heterocycles. The van der Waals surface area contributed by atoms with Crippen LogP contribution in [-0.4, -0.2) is 34.2 Å². The van der Waals surface area contributed by atoms with Crippen LogP contribution < -0.4 is 11.2 Å². The molecule has 29 heavy (non-hydrogen) atoms. The molecule has 148 valence electrons. The lowest BCUT2D eigenvalue weighted by Gasteiger charge is -2.12. The van der Waals surface area contributed by atoms with Gasteiger partial charge in [-0.3, -0.25) is 24.2 Å². The van der Waals surface area contributed by atoms with Crippen LogP contribution in [-0.2, 0) is 20.7 Å². The molecule has 9 heteroatoms. The first kappa shape index (κ1) is 19.9. The van der Waals surface area contributed by atoms with Gasteiger partial charge in [-0.1, -0.05) is 12.1 Å². The number of ether oxygens (including phenoxy) is 1. The zero-order valence-corrected chi connectivity index (χ0v) is 15.1. The van der Waals surface area contributed by atoms with E-state index >= 15 is 0 Å². The Bertz CT molecular complexity index is 1140. The maximum Gasteiger partial charge on any atom is 0.293 e. The number of nitrogens with two attached hydrogens (primary N) is 1. The summed E-state index contributed by atoms with van der Waals surface area (Å²) in [4.78, 5) is 53.8. The average molecular weight is 397 g/mol. The maximum absolute atomic E-state index is 13.0. The SMILES string of the molecule is NC(=O)CC(OC=O)C(=O)c1c[nH]c2cc(Cc3ccc(F)cc3)cnc2c1=O. The van der Waals surface area contributed by atoms with Crippen molar-refractivity contribution in [1.82, 2.24) is 9.97 Å². The predicted molar refractivity (Wildman–Crippen MR) is 101 cm³/mol. The van der Waals surface area contributed by atoms with Gasteiger partial charge in [-0.2, -0.15) is 0 Å². The minimum Gasteiger partial charge on any atom is -0.456 e. The van der Waals surface area contributed by atoms with Crippen LogP contribution >= 0.6 is 0 Å². The fraction of sp³-hybridized carbons (Fsp3) is 0.150. The second-order valence-electron chi connectivity index (χ2n) is 6.33. The van der Waals surface area contributed by atoms with Crippen LogP contribution in [0.2, 0.25) is 0 Å². The lowest BCUT2D eigenvalue weighted by atomic mass is 10.0. The first-order valence-electron chi connectivity index (χ1n) is 8.55. The first-order valence-corrected chi connectivity index (χ1v) is 8.55. The Morgan fingerprint density at radius 2 is 1.97 bits per heavy atom. The summed E-state index contributed by atoms with van der Waals surface area (Å²) in [5.74, 6) is -2.04. The maximum atomic E-state index is 13.0. The molecule has 0 bridgehead atoms. The summed E-state index contributed by atoms with van der Waals surface area (Å²) in [7, 11) is 0. The Morgan fingerprint density at radius 3 is 2.62 bits per heavy atom. The van der Waals surface area contributed by atoms with Gasteiger partial charge < -0.3 is 15.5 Å². The Hall–Kier alpha value is -3.88. The van der Waals surface area contributed by atoms with Crippen LogP contribution in [0.15, 0.2) is 47.5 Å². The molecular weight excluding hydrogens is 381 g/mol. The van der Waals surface area contributed by atoms with E-state index in [9.17, 15) is 23.6 Å². The van der Waals surface area contributed by atoms with E-state index in [-0.39, 0.29) is 23.4 Å². The fourth-order valence-electron chi connectivity index (χ4n) is 2.89. The summed E-state index contributed by atoms with van der Waals surface area (Å²) < 4.78 is 17.6. The highest BCUT2D eigenvalue weighted by Crippen LogP contribution is 2.15. The molecule has 8 nitrogen and oxygen atoms in total. The van der Waals surface area contributed by atoms with Crippen LogP contribution in [0.4, 0.5) is 4.39 Å². The van der Waals surface area contributed by atoms with Gasteiger partial charge in [0.05, 0.1) is 17.5 Å². The highest BCUT2D eigenvalue weighted by atomic mass is 19.1. The van der Waals surface area contributed by atoms with Gasteiger partial charge in [-0.05, 0) is 35.7 Å². The molecule has 0 aliphatic rings. The van der Waals surface area contributed by atoms with Crippen molar-refractivity contribution in [3.05, 3.63) is 75.5 Å². The normalized spacial score (nSPS) is 11.8. The highest BCUT2D eigenvalue weighted by Gasteiger charge is 2.26. The van der Waals surface area contributed by atoms with Gasteiger partial charge in [0, 0.05) is 12.4 Å². The summed E-state index contributed by atoms with van der Waals surface area (Å²) in [6, 6.07) is 7.71. The molecule has 3 aromatic rings. The molecule has 0 radical (unpaired) electrons. The Balaban J connectivity index is 1.92. The minimum absolute atomic E-state index is 0.0146. The molecule has 0 fully saturated rings. The van der Waals surface area contributed by atoms with Crippen LogP contribution in [0.1, 0.15) is 27.9 Å². The number of fused-ring (bicyclic) bond motifs is 1. The van der Waals surface area contributed by atoms with E-state index in [4.69, 9.17) is 5.73 Å². The van der Waals surface area contributed by atoms with Crippen molar-refractivity contribution in [2.75, 3.05) is 0 Å². The van der Waals surface area contributed by atoms with Crippen LogP contribution in [0.25, 0.3) is 11.0 Å². The largest absolute Gasteiger partial charge is 0.456 e. The molecule has 3 N–H and O–H groups in total. The predicted octanol–water partition coefficient (Wildman–Crippen LogP) is 1.25. The van der Waals surface area contributed by atoms with Crippen molar-refractivity contribution in [3.8, 4) is 0 Å². The zero-order chi connectivity index (χ0) is 21.0. The molecule has 1 unspecified atom stereocenters. The molecule has 0 saturated heterocycles. The third kappa shape index (κ3) is 4.52. The van der Waals surface area contributed by atoms with Crippen molar-refractivity contribution in [2.24, 2.45) is 5.73 Å². The van der Waals surface area contributed by atoms with E-state index in [0.717, 1.165) is 11.1 Å². The van der Waals surface area contributed by atoms with Gasteiger partial charge in [0.15, 0.2) is 6.10 Å². The lowest BCUT2D eigenvalue weighted by molar-refractivity contribution is -0.133. The number of aromatic amines is 1. The van der Waals surface area contributed by atoms with Gasteiger partial charge in [0.1, 0.15) is 11.3 Å². The number of pyridine rings is 2. The molecule has 3 rings (SSSR count). The molecule has 1 atom stereocenters. The van der Waals surface area contributed by atoms with E-state index in [0.29, 0.717) is 11.9 Å². The quantitative estimate of drug-likeness (QED) is 0.434. The second-order valence-corrected chi connectivity index (χ2v) is 6.33. The topological polar surface area (TPSA) is 132 Å². The van der Waals surface area contributed by atoms with E-state index in [1.165, 1.54) is 24.5 Å². The molecule has 1 aromatic carbocycles. The number of halogens is 1. The van der Waals surface area contributed by atoms with Crippen LogP contribution in [0.3, 0.4) is 0 Å². The zero-order valence-electron chi connectivity index (χ0n) is 15.1. The Labute approximate surface area is 163 Å². The number of hydrogen-bond donors (Lipinski definition) is 2. The summed E-state index contributed by atoms with van der Waals surface area (Å²) in [6.45, 7) is 0.0146. The number of hydrogen-bond acceptors (Lipinski definition) is 6. The lowest BCUT2D eigenvalue weighted by Crippen LogP contribution is -2.33. The van der Waals surface area contributed by atoms with Crippen molar-refractivity contribution in [2.45, 2.75) is 18.9 Å². The van der Waals surface area contributed by atoms with Gasteiger partial charge in [0.2, 0.25) is 17.1 Å².